The second-order valence-electron chi connectivity index (χ2n) is 5.79. The van der Waals surface area contributed by atoms with Gasteiger partial charge in [-0.2, -0.15) is 0 Å². The van der Waals surface area contributed by atoms with Gasteiger partial charge in [-0.15, -0.1) is 0 Å². The summed E-state index contributed by atoms with van der Waals surface area (Å²) in [6, 6.07) is 7.28. The number of sulfonamides is 1. The minimum Gasteiger partial charge on any atom is -0.486 e. The number of halogens is 3. The Kier molecular flexibility index (Phi) is 7.59. The summed E-state index contributed by atoms with van der Waals surface area (Å²) >= 11 is 18.5. The largest absolute Gasteiger partial charge is 0.486 e. The molecule has 8 nitrogen and oxygen atoms in total. The zero-order valence-corrected chi connectivity index (χ0v) is 17.9. The van der Waals surface area contributed by atoms with E-state index in [1.807, 2.05) is 0 Å². The van der Waals surface area contributed by atoms with E-state index in [9.17, 15) is 18.0 Å². The highest BCUT2D eigenvalue weighted by Crippen LogP contribution is 2.36. The van der Waals surface area contributed by atoms with Gasteiger partial charge in [0.15, 0.2) is 5.75 Å². The maximum atomic E-state index is 11.9. The molecule has 0 aliphatic rings. The lowest BCUT2D eigenvalue weighted by molar-refractivity contribution is -0.135. The second kappa shape index (κ2) is 9.53. The Morgan fingerprint density at radius 3 is 2.31 bits per heavy atom. The Hall–Kier alpha value is -2.20. The fourth-order valence-corrected chi connectivity index (χ4v) is 3.66. The number of nitrogens with one attached hydrogen (secondary N) is 2. The fraction of sp³-hybridized carbons (Fsp3) is 0.176. The number of hydrogen-bond acceptors (Lipinski definition) is 5. The number of hydrogen-bond donors (Lipinski definition) is 3. The van der Waals surface area contributed by atoms with Crippen LogP contribution in [0.3, 0.4) is 0 Å². The SMILES string of the molecule is CS(=O)(=O)Nc1cccc(COc2c(Cl)cc(C(=O)NCC(=O)O)cc2Cl)c1Cl. The van der Waals surface area contributed by atoms with Gasteiger partial charge in [0.25, 0.3) is 5.91 Å². The van der Waals surface area contributed by atoms with Gasteiger partial charge < -0.3 is 15.2 Å². The zero-order valence-electron chi connectivity index (χ0n) is 14.8. The van der Waals surface area contributed by atoms with E-state index in [2.05, 4.69) is 10.0 Å². The normalized spacial score (nSPS) is 11.0. The Labute approximate surface area is 181 Å². The third kappa shape index (κ3) is 6.67. The van der Waals surface area contributed by atoms with E-state index >= 15 is 0 Å². The number of anilines is 1. The summed E-state index contributed by atoms with van der Waals surface area (Å²) in [5.41, 5.74) is 0.722. The fourth-order valence-electron chi connectivity index (χ4n) is 2.21. The Morgan fingerprint density at radius 2 is 1.76 bits per heavy atom. The van der Waals surface area contributed by atoms with Crippen molar-refractivity contribution >= 4 is 62.4 Å². The van der Waals surface area contributed by atoms with Crippen LogP contribution in [0.25, 0.3) is 0 Å². The molecule has 0 heterocycles. The predicted octanol–water partition coefficient (Wildman–Crippen LogP) is 3.41. The van der Waals surface area contributed by atoms with Crippen molar-refractivity contribution in [2.24, 2.45) is 0 Å². The number of rotatable bonds is 8. The zero-order chi connectivity index (χ0) is 21.8. The molecule has 0 radical (unpaired) electrons. The molecule has 12 heteroatoms. The first-order valence-corrected chi connectivity index (χ1v) is 10.9. The van der Waals surface area contributed by atoms with Crippen molar-refractivity contribution in [3.63, 3.8) is 0 Å². The lowest BCUT2D eigenvalue weighted by Gasteiger charge is -2.14. The highest BCUT2D eigenvalue weighted by molar-refractivity contribution is 7.92. The molecular weight excluding hydrogens is 467 g/mol. The molecule has 2 rings (SSSR count). The molecular formula is C17H15Cl3N2O6S. The number of aliphatic carboxylic acids is 1. The number of ether oxygens (including phenoxy) is 1. The quantitative estimate of drug-likeness (QED) is 0.531. The Morgan fingerprint density at radius 1 is 1.14 bits per heavy atom. The molecule has 3 N–H and O–H groups in total. The minimum atomic E-state index is -3.51. The summed E-state index contributed by atoms with van der Waals surface area (Å²) in [4.78, 5) is 22.5. The van der Waals surface area contributed by atoms with Crippen LogP contribution < -0.4 is 14.8 Å². The molecule has 0 atom stereocenters. The van der Waals surface area contributed by atoms with Crippen LogP contribution in [0.2, 0.25) is 15.1 Å². The molecule has 0 saturated heterocycles. The van der Waals surface area contributed by atoms with Crippen molar-refractivity contribution in [1.29, 1.82) is 0 Å². The molecule has 2 aromatic carbocycles. The standard InChI is InChI=1S/C17H15Cl3N2O6S/c1-29(26,27)22-13-4-2-3-9(15(13)20)8-28-16-11(18)5-10(6-12(16)19)17(25)21-7-14(23)24/h2-6,22H,7-8H2,1H3,(H,21,25)(H,23,24). The molecule has 0 fully saturated rings. The molecule has 0 aliphatic heterocycles. The van der Waals surface area contributed by atoms with E-state index in [1.165, 1.54) is 18.2 Å². The van der Waals surface area contributed by atoms with Crippen molar-refractivity contribution in [3.05, 3.63) is 56.5 Å². The molecule has 0 aromatic heterocycles. The van der Waals surface area contributed by atoms with Crippen LogP contribution in [0.5, 0.6) is 5.75 Å². The first-order valence-electron chi connectivity index (χ1n) is 7.85. The van der Waals surface area contributed by atoms with Gasteiger partial charge in [0.2, 0.25) is 10.0 Å². The van der Waals surface area contributed by atoms with Crippen molar-refractivity contribution in [3.8, 4) is 5.75 Å². The predicted molar refractivity (Wildman–Crippen MR) is 111 cm³/mol. The third-order valence-electron chi connectivity index (χ3n) is 3.41. The highest BCUT2D eigenvalue weighted by atomic mass is 35.5. The van der Waals surface area contributed by atoms with Crippen LogP contribution in [0.4, 0.5) is 5.69 Å². The summed E-state index contributed by atoms with van der Waals surface area (Å²) in [6.07, 6.45) is 1.00. The van der Waals surface area contributed by atoms with Gasteiger partial charge in [-0.05, 0) is 18.2 Å². The summed E-state index contributed by atoms with van der Waals surface area (Å²) in [6.45, 7) is -0.634. The average molecular weight is 482 g/mol. The second-order valence-corrected chi connectivity index (χ2v) is 8.73. The van der Waals surface area contributed by atoms with Crippen LogP contribution in [-0.4, -0.2) is 38.2 Å². The molecule has 0 bridgehead atoms. The maximum absolute atomic E-state index is 11.9. The summed E-state index contributed by atoms with van der Waals surface area (Å²) in [5, 5.41) is 11.0. The topological polar surface area (TPSA) is 122 Å². The summed E-state index contributed by atoms with van der Waals surface area (Å²) < 4.78 is 30.7. The van der Waals surface area contributed by atoms with Crippen LogP contribution in [-0.2, 0) is 21.4 Å². The van der Waals surface area contributed by atoms with E-state index in [0.29, 0.717) is 5.56 Å². The molecule has 0 saturated carbocycles. The number of carboxylic acids is 1. The maximum Gasteiger partial charge on any atom is 0.322 e. The highest BCUT2D eigenvalue weighted by Gasteiger charge is 2.16. The molecule has 1 amide bonds. The van der Waals surface area contributed by atoms with Gasteiger partial charge in [-0.25, -0.2) is 8.42 Å². The molecule has 2 aromatic rings. The first kappa shape index (κ1) is 23.1. The smallest absolute Gasteiger partial charge is 0.322 e. The lowest BCUT2D eigenvalue weighted by Crippen LogP contribution is -2.29. The van der Waals surface area contributed by atoms with Crippen LogP contribution in [0, 0.1) is 0 Å². The molecule has 29 heavy (non-hydrogen) atoms. The van der Waals surface area contributed by atoms with Crippen molar-refractivity contribution in [2.45, 2.75) is 6.61 Å². The van der Waals surface area contributed by atoms with Crippen LogP contribution >= 0.6 is 34.8 Å². The van der Waals surface area contributed by atoms with Gasteiger partial charge in [0, 0.05) is 11.1 Å². The third-order valence-corrected chi connectivity index (χ3v) is 5.01. The average Bonchev–Trinajstić information content (AvgIpc) is 2.60. The Bertz CT molecular complexity index is 1040. The van der Waals surface area contributed by atoms with Crippen LogP contribution in [0.1, 0.15) is 15.9 Å². The minimum absolute atomic E-state index is 0.0273. The Balaban J connectivity index is 2.18. The monoisotopic (exact) mass is 480 g/mol. The summed E-state index contributed by atoms with van der Waals surface area (Å²) in [7, 11) is -3.51. The number of amides is 1. The van der Waals surface area contributed by atoms with E-state index in [-0.39, 0.29) is 38.7 Å². The van der Waals surface area contributed by atoms with Crippen molar-refractivity contribution < 1.29 is 27.9 Å². The van der Waals surface area contributed by atoms with E-state index in [1.54, 1.807) is 12.1 Å². The summed E-state index contributed by atoms with van der Waals surface area (Å²) in [5.74, 6) is -1.77. The van der Waals surface area contributed by atoms with Crippen molar-refractivity contribution in [2.75, 3.05) is 17.5 Å². The number of carbonyl (C=O) groups excluding carboxylic acids is 1. The molecule has 0 unspecified atom stereocenters. The molecule has 0 aliphatic carbocycles. The van der Waals surface area contributed by atoms with E-state index in [4.69, 9.17) is 44.6 Å². The molecule has 156 valence electrons. The number of carbonyl (C=O) groups is 2. The van der Waals surface area contributed by atoms with Crippen LogP contribution in [0.15, 0.2) is 30.3 Å². The molecule has 0 spiro atoms. The van der Waals surface area contributed by atoms with Gasteiger partial charge in [-0.1, -0.05) is 46.9 Å². The lowest BCUT2D eigenvalue weighted by atomic mass is 10.2. The van der Waals surface area contributed by atoms with Gasteiger partial charge in [0.05, 0.1) is 27.0 Å². The number of benzene rings is 2. The van der Waals surface area contributed by atoms with Gasteiger partial charge >= 0.3 is 5.97 Å². The van der Waals surface area contributed by atoms with Gasteiger partial charge in [0.1, 0.15) is 13.2 Å². The van der Waals surface area contributed by atoms with Crippen molar-refractivity contribution in [1.82, 2.24) is 5.32 Å². The van der Waals surface area contributed by atoms with E-state index < -0.39 is 28.4 Å². The first-order chi connectivity index (χ1) is 13.5. The number of carboxylic acid groups (broad SMARTS) is 1. The van der Waals surface area contributed by atoms with Gasteiger partial charge in [-0.3, -0.25) is 14.3 Å². The van der Waals surface area contributed by atoms with E-state index in [0.717, 1.165) is 6.26 Å².